The third-order valence-electron chi connectivity index (χ3n) is 12.1. The molecular weight excluding hydrogens is 1030 g/mol. The number of carbonyl (C=O) groups is 1. The molecule has 1 N–H and O–H groups in total. The minimum absolute atomic E-state index is 0.00372. The summed E-state index contributed by atoms with van der Waals surface area (Å²) < 4.78 is 68.4. The van der Waals surface area contributed by atoms with Crippen LogP contribution in [0, 0.1) is 34.0 Å². The summed E-state index contributed by atoms with van der Waals surface area (Å²) in [6.07, 6.45) is -4.12. The molecule has 3 heterocycles. The summed E-state index contributed by atoms with van der Waals surface area (Å²) in [6, 6.07) is 40.9. The lowest BCUT2D eigenvalue weighted by Crippen LogP contribution is -2.43. The molecule has 2 aliphatic heterocycles. The van der Waals surface area contributed by atoms with Crippen LogP contribution in [0.1, 0.15) is 80.2 Å². The van der Waals surface area contributed by atoms with Crippen molar-refractivity contribution in [1.82, 2.24) is 14.2 Å². The number of aromatic nitrogens is 2. The van der Waals surface area contributed by atoms with Crippen LogP contribution in [0.15, 0.2) is 126 Å². The topological polar surface area (TPSA) is 231 Å². The number of amides is 1. The fraction of sp³-hybridized carbons (Fsp3) is 0.407. The third-order valence-corrected chi connectivity index (χ3v) is 16.5. The van der Waals surface area contributed by atoms with Crippen LogP contribution in [0.5, 0.6) is 11.5 Å². The van der Waals surface area contributed by atoms with Gasteiger partial charge in [0.05, 0.1) is 89.3 Å². The van der Waals surface area contributed by atoms with Crippen LogP contribution in [0.25, 0.3) is 0 Å². The molecule has 7 rings (SSSR count). The van der Waals surface area contributed by atoms with Gasteiger partial charge in [0, 0.05) is 24.8 Å². The fourth-order valence-corrected chi connectivity index (χ4v) is 13.5. The zero-order chi connectivity index (χ0) is 54.4. The fourth-order valence-electron chi connectivity index (χ4n) is 8.47. The Balaban J connectivity index is 1.42. The predicted octanol–water partition coefficient (Wildman–Crippen LogP) is 9.32. The van der Waals surface area contributed by atoms with Gasteiger partial charge in [0.2, 0.25) is 0 Å². The number of anilines is 1. The number of methoxy groups -OCH3 is 2. The minimum Gasteiger partial charge on any atom is -0.497 e. The van der Waals surface area contributed by atoms with Crippen molar-refractivity contribution in [3.05, 3.63) is 154 Å². The van der Waals surface area contributed by atoms with Gasteiger partial charge in [-0.05, 0) is 98.7 Å². The van der Waals surface area contributed by atoms with Gasteiger partial charge in [-0.2, -0.15) is 20.8 Å². The molecule has 2 aliphatic rings. The number of carbonyl (C=O) groups excluding carboxylic acids is 1. The molecule has 0 bridgehead atoms. The Morgan fingerprint density at radius 3 is 1.87 bits per heavy atom. The van der Waals surface area contributed by atoms with Gasteiger partial charge in [-0.3, -0.25) is 13.9 Å². The summed E-state index contributed by atoms with van der Waals surface area (Å²) in [5.74, 6) is 0.696. The highest BCUT2D eigenvalue weighted by molar-refractivity contribution is 8.07. The number of nitrogens with one attached hydrogen (secondary N) is 1. The molecule has 400 valence electrons. The molecule has 4 aromatic carbocycles. The number of ether oxygens (including phenoxy) is 5. The zero-order valence-corrected chi connectivity index (χ0v) is 45.7. The molecule has 2 saturated heterocycles. The van der Waals surface area contributed by atoms with Crippen LogP contribution in [0.3, 0.4) is 0 Å². The highest BCUT2D eigenvalue weighted by Gasteiger charge is 2.54. The van der Waals surface area contributed by atoms with E-state index < -0.39 is 68.2 Å². The number of rotatable bonds is 25. The van der Waals surface area contributed by atoms with Crippen LogP contribution in [-0.4, -0.2) is 103 Å². The molecular formula is C54H61N7O12P2S. The summed E-state index contributed by atoms with van der Waals surface area (Å²) in [5.41, 5.74) is -2.24. The van der Waals surface area contributed by atoms with Gasteiger partial charge in [-0.25, -0.2) is 9.46 Å². The van der Waals surface area contributed by atoms with Gasteiger partial charge in [0.1, 0.15) is 41.2 Å². The quantitative estimate of drug-likeness (QED) is 0.0326. The van der Waals surface area contributed by atoms with Crippen LogP contribution < -0.4 is 20.5 Å². The van der Waals surface area contributed by atoms with Crippen molar-refractivity contribution in [3.63, 3.8) is 0 Å². The molecule has 0 aliphatic carbocycles. The lowest BCUT2D eigenvalue weighted by Gasteiger charge is -2.40. The van der Waals surface area contributed by atoms with Gasteiger partial charge >= 0.3 is 12.4 Å². The normalized spacial score (nSPS) is 18.7. The largest absolute Gasteiger partial charge is 0.497 e. The number of morpholine rings is 1. The first kappa shape index (κ1) is 57.7. The van der Waals surface area contributed by atoms with Crippen LogP contribution in [-0.2, 0) is 54.2 Å². The lowest BCUT2D eigenvalue weighted by atomic mass is 9.80. The first-order valence-corrected chi connectivity index (χ1v) is 28.1. The molecule has 1 unspecified atom stereocenters. The summed E-state index contributed by atoms with van der Waals surface area (Å²) >= 11 is 6.31. The molecule has 76 heavy (non-hydrogen) atoms. The number of nitrogens with zero attached hydrogens (tertiary/aromatic N) is 6. The van der Waals surface area contributed by atoms with Crippen LogP contribution in [0.4, 0.5) is 5.82 Å². The Morgan fingerprint density at radius 1 is 0.789 bits per heavy atom. The second kappa shape index (κ2) is 26.4. The molecule has 5 atom stereocenters. The number of benzene rings is 4. The smallest absolute Gasteiger partial charge is 0.351 e. The van der Waals surface area contributed by atoms with E-state index in [9.17, 15) is 25.4 Å². The van der Waals surface area contributed by atoms with Crippen molar-refractivity contribution in [2.24, 2.45) is 0 Å². The van der Waals surface area contributed by atoms with Gasteiger partial charge in [-0.15, -0.1) is 0 Å². The Kier molecular flexibility index (Phi) is 20.0. The molecule has 1 amide bonds. The van der Waals surface area contributed by atoms with Crippen LogP contribution in [0.2, 0.25) is 0 Å². The summed E-state index contributed by atoms with van der Waals surface area (Å²) in [4.78, 5) is 32.1. The summed E-state index contributed by atoms with van der Waals surface area (Å²) in [7, 11) is 1.11. The maximum absolute atomic E-state index is 14.6. The highest BCUT2D eigenvalue weighted by Crippen LogP contribution is 2.61. The molecule has 19 nitrogen and oxygen atoms in total. The van der Waals surface area contributed by atoms with Crippen molar-refractivity contribution in [2.45, 2.75) is 88.3 Å². The molecule has 5 aromatic rings. The highest BCUT2D eigenvalue weighted by atomic mass is 32.5. The van der Waals surface area contributed by atoms with E-state index in [-0.39, 0.29) is 38.3 Å². The van der Waals surface area contributed by atoms with Gasteiger partial charge in [0.25, 0.3) is 14.4 Å². The van der Waals surface area contributed by atoms with E-state index in [1.165, 1.54) is 16.8 Å². The summed E-state index contributed by atoms with van der Waals surface area (Å²) in [6.45, 7) is 3.74. The minimum atomic E-state index is -4.18. The van der Waals surface area contributed by atoms with E-state index in [2.05, 4.69) is 28.5 Å². The van der Waals surface area contributed by atoms with Gasteiger partial charge in [-0.1, -0.05) is 72.8 Å². The Hall–Kier alpha value is -5.98. The van der Waals surface area contributed by atoms with Crippen LogP contribution >= 0.6 is 15.2 Å². The van der Waals surface area contributed by atoms with Crippen molar-refractivity contribution in [1.29, 1.82) is 15.8 Å². The monoisotopic (exact) mass is 1090 g/mol. The first-order valence-electron chi connectivity index (χ1n) is 24.4. The van der Waals surface area contributed by atoms with E-state index in [1.54, 1.807) is 72.2 Å². The Morgan fingerprint density at radius 2 is 1.34 bits per heavy atom. The van der Waals surface area contributed by atoms with Crippen molar-refractivity contribution in [2.75, 3.05) is 59.1 Å². The van der Waals surface area contributed by atoms with Gasteiger partial charge in [0.15, 0.2) is 6.23 Å². The predicted molar refractivity (Wildman–Crippen MR) is 285 cm³/mol. The molecule has 0 radical (unpaired) electrons. The standard InChI is InChI=1S/C54H61N7O12P2S/c1-52(2,27-30-56)72-75(76,73-53(3,4)28-31-57)71-48-47(70-74(68-35-13-29-55)60-33-36-66-37-34-60)45(69-50(48)61-32-26-46(59-51(61)63)58-49(62)39-14-9-7-10-15-39)38-67-54(40-16-11-8-12-17-40,41-18-22-43(64-5)23-19-41)42-20-24-44(65-6)25-21-42/h7-12,14-26,32,45,47-48,50H,13,27-28,33-38H2,1-6H3,(H,58,59,62,63)/t45-,47-,48-,50-,74?/m1/s1. The summed E-state index contributed by atoms with van der Waals surface area (Å²) in [5, 5.41) is 32.2. The maximum atomic E-state index is 14.6. The Bertz CT molecular complexity index is 2870. The van der Waals surface area contributed by atoms with E-state index in [0.717, 1.165) is 5.56 Å². The van der Waals surface area contributed by atoms with E-state index >= 15 is 0 Å². The molecule has 0 spiro atoms. The Labute approximate surface area is 449 Å². The molecule has 1 aromatic heterocycles. The number of nitriles is 3. The van der Waals surface area contributed by atoms with E-state index in [0.29, 0.717) is 54.5 Å². The number of hydrogen-bond donors (Lipinski definition) is 1. The lowest BCUT2D eigenvalue weighted by molar-refractivity contribution is -0.0949. The third kappa shape index (κ3) is 14.5. The van der Waals surface area contributed by atoms with Crippen molar-refractivity contribution >= 4 is 38.8 Å². The maximum Gasteiger partial charge on any atom is 0.351 e. The molecule has 2 fully saturated rings. The zero-order valence-electron chi connectivity index (χ0n) is 43.1. The van der Waals surface area contributed by atoms with E-state index in [4.69, 9.17) is 58.1 Å². The average molecular weight is 1090 g/mol. The second-order valence-corrected chi connectivity index (χ2v) is 23.0. The van der Waals surface area contributed by atoms with Crippen molar-refractivity contribution in [3.8, 4) is 29.7 Å². The number of hydrogen-bond acceptors (Lipinski definition) is 18. The molecule has 22 heteroatoms. The average Bonchev–Trinajstić information content (AvgIpc) is 3.75. The van der Waals surface area contributed by atoms with E-state index in [1.807, 2.05) is 83.5 Å². The molecule has 0 saturated carbocycles. The SMILES string of the molecule is COc1ccc(C(OC[C@H]2O[C@@H](n3ccc(NC(=O)c4ccccc4)nc3=O)[C@H](OP(=S)(OC(C)(C)CC#N)OC(C)(C)CC#N)[C@@H]2OP(OCCC#N)N2CCOCC2)(c2ccccc2)c2ccc(OC)cc2)cc1. The van der Waals surface area contributed by atoms with Gasteiger partial charge < -0.3 is 47.1 Å². The van der Waals surface area contributed by atoms with Crippen molar-refractivity contribution < 1.29 is 51.1 Å². The first-order chi connectivity index (χ1) is 36.6. The second-order valence-electron chi connectivity index (χ2n) is 18.7.